The molecule has 0 aliphatic carbocycles. The highest BCUT2D eigenvalue weighted by molar-refractivity contribution is 5.97. The molecule has 1 aliphatic heterocycles. The van der Waals surface area contributed by atoms with Crippen molar-refractivity contribution in [3.05, 3.63) is 65.7 Å². The van der Waals surface area contributed by atoms with Crippen LogP contribution in [-0.2, 0) is 54.4 Å². The lowest BCUT2D eigenvalue weighted by Crippen LogP contribution is -2.55. The zero-order chi connectivity index (χ0) is 63.8. The van der Waals surface area contributed by atoms with Gasteiger partial charge in [-0.1, -0.05) is 111 Å². The van der Waals surface area contributed by atoms with Gasteiger partial charge in [-0.05, 0) is 86.0 Å². The Morgan fingerprint density at radius 3 is 1.99 bits per heavy atom. The van der Waals surface area contributed by atoms with E-state index >= 15 is 0 Å². The van der Waals surface area contributed by atoms with Crippen molar-refractivity contribution in [3.8, 4) is 0 Å². The SMILES string of the molecule is CC[C@H](C)[C@H]([C@H](CC(=O)N1CCC[C@@H]1[C@@H](OC)[C@H](C)C(=O)N[C@@H](C)[C@H](O)c1ccccc1)OC)N(C)C(=O)[C@H](CC(O)[C@@H](C(C)C)N(C)C(=O)OCc1ccc(NC(=O)[C@@H](CCCNC(N)=O)CC(=O)[C@H](NC(=O)CON)C(C)C)cc1)C(C)C. The molecule has 0 saturated carbocycles. The van der Waals surface area contributed by atoms with Crippen molar-refractivity contribution < 1.29 is 67.6 Å². The van der Waals surface area contributed by atoms with Crippen LogP contribution in [0.15, 0.2) is 54.6 Å². The van der Waals surface area contributed by atoms with Crippen molar-refractivity contribution in [2.45, 2.75) is 182 Å². The van der Waals surface area contributed by atoms with Crippen molar-refractivity contribution >= 4 is 53.1 Å². The minimum atomic E-state index is -1.16. The number of nitrogens with two attached hydrogens (primary N) is 2. The molecule has 1 saturated heterocycles. The Bertz CT molecular complexity index is 2430. The van der Waals surface area contributed by atoms with Gasteiger partial charge in [0.15, 0.2) is 5.78 Å². The average Bonchev–Trinajstić information content (AvgIpc) is 4.23. The van der Waals surface area contributed by atoms with Gasteiger partial charge in [0.05, 0.1) is 67.0 Å². The Morgan fingerprint density at radius 1 is 0.788 bits per heavy atom. The first-order valence-electron chi connectivity index (χ1n) is 29.9. The summed E-state index contributed by atoms with van der Waals surface area (Å²) in [6.07, 6.45) is -1.87. The highest BCUT2D eigenvalue weighted by atomic mass is 16.6. The molecule has 3 rings (SSSR count). The van der Waals surface area contributed by atoms with Crippen LogP contribution in [0.5, 0.6) is 0 Å². The quantitative estimate of drug-likeness (QED) is 0.0311. The van der Waals surface area contributed by atoms with E-state index in [1.54, 1.807) is 80.9 Å². The molecule has 8 amide bonds. The summed E-state index contributed by atoms with van der Waals surface area (Å²) >= 11 is 0. The molecule has 2 aromatic carbocycles. The smallest absolute Gasteiger partial charge is 0.410 e. The number of urea groups is 1. The number of ether oxygens (including phenoxy) is 3. The minimum Gasteiger partial charge on any atom is -0.445 e. The van der Waals surface area contributed by atoms with E-state index in [1.165, 1.54) is 26.2 Å². The number of primary amides is 1. The molecule has 1 unspecified atom stereocenters. The van der Waals surface area contributed by atoms with E-state index in [2.05, 4.69) is 26.1 Å². The minimum absolute atomic E-state index is 0.0142. The summed E-state index contributed by atoms with van der Waals surface area (Å²) in [5.41, 5.74) is 6.87. The normalized spacial score (nSPS) is 17.7. The van der Waals surface area contributed by atoms with Crippen LogP contribution in [0, 0.1) is 41.4 Å². The summed E-state index contributed by atoms with van der Waals surface area (Å²) in [7, 11) is 6.31. The fourth-order valence-corrected chi connectivity index (χ4v) is 11.6. The van der Waals surface area contributed by atoms with E-state index in [-0.39, 0.29) is 86.0 Å². The molecule has 1 fully saturated rings. The van der Waals surface area contributed by atoms with Crippen molar-refractivity contribution in [2.75, 3.05) is 53.3 Å². The third-order valence-electron chi connectivity index (χ3n) is 16.6. The molecule has 0 bridgehead atoms. The second-order valence-corrected chi connectivity index (χ2v) is 23.9. The van der Waals surface area contributed by atoms with Crippen molar-refractivity contribution in [3.63, 3.8) is 0 Å². The molecule has 23 heteroatoms. The summed E-state index contributed by atoms with van der Waals surface area (Å²) in [4.78, 5) is 117. The summed E-state index contributed by atoms with van der Waals surface area (Å²) in [5, 5.41) is 33.9. The van der Waals surface area contributed by atoms with Gasteiger partial charge in [0, 0.05) is 65.3 Å². The second kappa shape index (κ2) is 36.0. The van der Waals surface area contributed by atoms with Gasteiger partial charge < -0.3 is 66.1 Å². The number of rotatable bonds is 36. The number of amides is 8. The molecule has 0 radical (unpaired) electrons. The van der Waals surface area contributed by atoms with Crippen LogP contribution in [0.3, 0.4) is 0 Å². The molecule has 85 heavy (non-hydrogen) atoms. The number of carbonyl (C=O) groups excluding carboxylic acids is 8. The molecule has 2 aromatic rings. The van der Waals surface area contributed by atoms with E-state index in [0.717, 1.165) is 0 Å². The molecular formula is C62H101N9O14. The first-order valence-corrected chi connectivity index (χ1v) is 29.9. The summed E-state index contributed by atoms with van der Waals surface area (Å²) in [5.74, 6) is -0.274. The van der Waals surface area contributed by atoms with E-state index in [9.17, 15) is 48.6 Å². The number of likely N-dealkylation sites (tertiary alicyclic amines) is 1. The predicted molar refractivity (Wildman–Crippen MR) is 323 cm³/mol. The van der Waals surface area contributed by atoms with Crippen molar-refractivity contribution in [1.82, 2.24) is 30.7 Å². The first-order chi connectivity index (χ1) is 40.1. The zero-order valence-corrected chi connectivity index (χ0v) is 52.7. The van der Waals surface area contributed by atoms with Gasteiger partial charge in [-0.3, -0.25) is 33.6 Å². The Morgan fingerprint density at radius 2 is 1.44 bits per heavy atom. The summed E-state index contributed by atoms with van der Waals surface area (Å²) in [6.45, 7) is 18.6. The third-order valence-corrected chi connectivity index (χ3v) is 16.6. The molecule has 478 valence electrons. The number of benzene rings is 2. The molecular weight excluding hydrogens is 1090 g/mol. The van der Waals surface area contributed by atoms with Crippen molar-refractivity contribution in [2.24, 2.45) is 53.1 Å². The molecule has 1 aliphatic rings. The van der Waals surface area contributed by atoms with Crippen LogP contribution in [0.1, 0.15) is 138 Å². The second-order valence-electron chi connectivity index (χ2n) is 23.9. The number of nitrogens with zero attached hydrogens (tertiary/aromatic N) is 3. The van der Waals surface area contributed by atoms with Crippen LogP contribution in [0.2, 0.25) is 0 Å². The van der Waals surface area contributed by atoms with Crippen LogP contribution in [-0.4, -0.2) is 169 Å². The number of likely N-dealkylation sites (N-methyl/N-ethyl adjacent to an activating group) is 2. The lowest BCUT2D eigenvalue weighted by atomic mass is 9.83. The number of carbonyl (C=O) groups is 8. The number of hydrogen-bond donors (Lipinski definition) is 8. The van der Waals surface area contributed by atoms with Crippen LogP contribution >= 0.6 is 0 Å². The Kier molecular flexibility index (Phi) is 31.0. The van der Waals surface area contributed by atoms with E-state index < -0.39 is 103 Å². The van der Waals surface area contributed by atoms with Gasteiger partial charge in [-0.15, -0.1) is 0 Å². The average molecular weight is 1200 g/mol. The monoisotopic (exact) mass is 1200 g/mol. The fourth-order valence-electron chi connectivity index (χ4n) is 11.6. The van der Waals surface area contributed by atoms with E-state index in [4.69, 9.17) is 25.8 Å². The van der Waals surface area contributed by atoms with Crippen LogP contribution in [0.4, 0.5) is 15.3 Å². The molecule has 23 nitrogen and oxygen atoms in total. The van der Waals surface area contributed by atoms with Crippen LogP contribution < -0.4 is 32.9 Å². The van der Waals surface area contributed by atoms with Gasteiger partial charge in [0.25, 0.3) is 0 Å². The standard InChI is InChI=1S/C62H101N9O14/c1-15-39(8)55(50(82-13)33-52(75)71-30-20-24-47(71)57(83-14)40(9)58(77)66-41(10)56(76)43-21-17-16-18-22-43)69(11)60(79)46(36(2)3)32-49(73)54(38(6)7)70(12)62(81)84-34-42-25-27-45(28-26-42)67-59(78)44(23-19-29-65-61(63)80)31-48(72)53(37(4)5)68-51(74)35-85-64/h16-18,21-22,25-28,36-41,44,46-47,49-50,53-57,73,76H,15,19-20,23-24,29-35,64H2,1-14H3,(H,66,77)(H,67,78)(H,68,74)(H3,63,65,80)/t39-,40-,41-,44-,46+,47+,49?,50-,53+,54+,55+,56-,57-/m0/s1. The lowest BCUT2D eigenvalue weighted by Gasteiger charge is -2.41. The summed E-state index contributed by atoms with van der Waals surface area (Å²) in [6, 6.07) is 11.7. The maximum absolute atomic E-state index is 14.9. The molecule has 1 heterocycles. The lowest BCUT2D eigenvalue weighted by molar-refractivity contribution is -0.149. The summed E-state index contributed by atoms with van der Waals surface area (Å²) < 4.78 is 17.8. The maximum atomic E-state index is 14.9. The van der Waals surface area contributed by atoms with E-state index in [1.807, 2.05) is 59.7 Å². The van der Waals surface area contributed by atoms with Crippen molar-refractivity contribution in [1.29, 1.82) is 0 Å². The van der Waals surface area contributed by atoms with Gasteiger partial charge in [0.2, 0.25) is 29.5 Å². The number of ketones is 1. The predicted octanol–water partition coefficient (Wildman–Crippen LogP) is 5.45. The number of aliphatic hydroxyl groups is 2. The van der Waals surface area contributed by atoms with Gasteiger partial charge in [-0.2, -0.15) is 0 Å². The Labute approximate surface area is 503 Å². The number of nitrogens with one attached hydrogen (secondary N) is 4. The number of anilines is 1. The number of aliphatic hydroxyl groups excluding tert-OH is 2. The van der Waals surface area contributed by atoms with Gasteiger partial charge in [0.1, 0.15) is 13.2 Å². The molecule has 0 aromatic heterocycles. The Balaban J connectivity index is 1.71. The highest BCUT2D eigenvalue weighted by Crippen LogP contribution is 2.32. The number of hydrogen-bond acceptors (Lipinski definition) is 15. The first kappa shape index (κ1) is 73.0. The molecule has 10 N–H and O–H groups in total. The Hall–Kier alpha value is -6.24. The number of methoxy groups -OCH3 is 2. The maximum Gasteiger partial charge on any atom is 0.410 e. The third kappa shape index (κ3) is 21.9. The topological polar surface area (TPSA) is 324 Å². The van der Waals surface area contributed by atoms with E-state index in [0.29, 0.717) is 49.0 Å². The largest absolute Gasteiger partial charge is 0.445 e. The molecule has 0 spiro atoms. The zero-order valence-electron chi connectivity index (χ0n) is 52.7. The molecule has 13 atom stereocenters. The van der Waals surface area contributed by atoms with Crippen LogP contribution in [0.25, 0.3) is 0 Å². The van der Waals surface area contributed by atoms with Gasteiger partial charge in [-0.25, -0.2) is 15.5 Å². The fraction of sp³-hybridized carbons (Fsp3) is 0.677. The number of Topliss-reactive ketones (excluding diaryl/α,β-unsaturated/α-hetero) is 1. The highest BCUT2D eigenvalue weighted by Gasteiger charge is 2.44. The van der Waals surface area contributed by atoms with Gasteiger partial charge >= 0.3 is 12.1 Å².